The van der Waals surface area contributed by atoms with Crippen molar-refractivity contribution in [3.05, 3.63) is 34.5 Å². The van der Waals surface area contributed by atoms with Crippen molar-refractivity contribution in [2.45, 2.75) is 24.0 Å². The van der Waals surface area contributed by atoms with Crippen LogP contribution in [0.25, 0.3) is 0 Å². The van der Waals surface area contributed by atoms with E-state index in [0.29, 0.717) is 22.3 Å². The molecule has 0 aromatic carbocycles. The molecule has 0 aliphatic carbocycles. The van der Waals surface area contributed by atoms with Gasteiger partial charge in [-0.05, 0) is 31.2 Å². The van der Waals surface area contributed by atoms with Gasteiger partial charge in [0.15, 0.2) is 11.4 Å². The van der Waals surface area contributed by atoms with Gasteiger partial charge in [-0.2, -0.15) is 0 Å². The van der Waals surface area contributed by atoms with Gasteiger partial charge < -0.3 is 0 Å². The minimum Gasteiger partial charge on any atom is -0.298 e. The molecule has 2 rings (SSSR count). The third kappa shape index (κ3) is 2.83. The van der Waals surface area contributed by atoms with E-state index in [1.165, 1.54) is 11.8 Å². The van der Waals surface area contributed by atoms with Gasteiger partial charge in [-0.25, -0.2) is 19.9 Å². The second kappa shape index (κ2) is 5.41. The molecule has 0 N–H and O–H groups in total. The summed E-state index contributed by atoms with van der Waals surface area (Å²) in [4.78, 5) is 27.4. The molecule has 0 unspecified atom stereocenters. The summed E-state index contributed by atoms with van der Waals surface area (Å²) in [5, 5.41) is 1.12. The Labute approximate surface area is 113 Å². The molecule has 18 heavy (non-hydrogen) atoms. The fourth-order valence-electron chi connectivity index (χ4n) is 1.22. The number of aldehydes is 1. The van der Waals surface area contributed by atoms with E-state index in [-0.39, 0.29) is 10.7 Å². The van der Waals surface area contributed by atoms with Crippen LogP contribution in [0.4, 0.5) is 0 Å². The zero-order valence-corrected chi connectivity index (χ0v) is 11.3. The maximum Gasteiger partial charge on any atom is 0.193 e. The zero-order valence-electron chi connectivity index (χ0n) is 9.72. The molecule has 0 radical (unpaired) electrons. The molecule has 5 nitrogen and oxygen atoms in total. The number of aromatic nitrogens is 4. The summed E-state index contributed by atoms with van der Waals surface area (Å²) in [6, 6.07) is 0. The van der Waals surface area contributed by atoms with Gasteiger partial charge in [-0.1, -0.05) is 11.6 Å². The van der Waals surface area contributed by atoms with Crippen LogP contribution in [0.2, 0.25) is 5.15 Å². The smallest absolute Gasteiger partial charge is 0.193 e. The largest absolute Gasteiger partial charge is 0.298 e. The van der Waals surface area contributed by atoms with Gasteiger partial charge in [0.1, 0.15) is 16.0 Å². The van der Waals surface area contributed by atoms with Crippen LogP contribution in [-0.4, -0.2) is 26.2 Å². The average molecular weight is 281 g/mol. The maximum atomic E-state index is 11.0. The molecule has 0 saturated carbocycles. The van der Waals surface area contributed by atoms with Crippen molar-refractivity contribution in [2.75, 3.05) is 0 Å². The van der Waals surface area contributed by atoms with Crippen LogP contribution in [-0.2, 0) is 0 Å². The van der Waals surface area contributed by atoms with Crippen molar-refractivity contribution in [2.24, 2.45) is 0 Å². The highest BCUT2D eigenvalue weighted by Gasteiger charge is 2.13. The molecule has 0 aliphatic heterocycles. The van der Waals surface area contributed by atoms with Crippen molar-refractivity contribution >= 4 is 29.6 Å². The highest BCUT2D eigenvalue weighted by atomic mass is 35.5. The average Bonchev–Trinajstić information content (AvgIpc) is 2.32. The fraction of sp³-hybridized carbons (Fsp3) is 0.182. The van der Waals surface area contributed by atoms with Crippen LogP contribution in [0.5, 0.6) is 0 Å². The van der Waals surface area contributed by atoms with Crippen LogP contribution in [0, 0.1) is 13.8 Å². The second-order valence-corrected chi connectivity index (χ2v) is 4.86. The molecule has 0 saturated heterocycles. The first-order valence-electron chi connectivity index (χ1n) is 5.06. The van der Waals surface area contributed by atoms with Crippen molar-refractivity contribution in [3.63, 3.8) is 0 Å². The Bertz CT molecular complexity index is 588. The number of halogens is 1. The number of carbonyl (C=O) groups is 1. The Hall–Kier alpha value is -1.53. The standard InChI is InChI=1S/C11H9ClN4OS/c1-6-3-13-11(14-4-6)18-10-8(5-17)9(12)15-7(2)16-10/h3-5H,1-2H3. The summed E-state index contributed by atoms with van der Waals surface area (Å²) in [5.41, 5.74) is 1.23. The molecule has 2 aromatic rings. The lowest BCUT2D eigenvalue weighted by Gasteiger charge is -2.05. The van der Waals surface area contributed by atoms with Gasteiger partial charge >= 0.3 is 0 Å². The quantitative estimate of drug-likeness (QED) is 0.489. The summed E-state index contributed by atoms with van der Waals surface area (Å²) in [6.07, 6.45) is 4.04. The Morgan fingerprint density at radius 2 is 1.89 bits per heavy atom. The van der Waals surface area contributed by atoms with Crippen LogP contribution in [0.15, 0.2) is 22.6 Å². The highest BCUT2D eigenvalue weighted by Crippen LogP contribution is 2.28. The predicted octanol–water partition coefficient (Wildman–Crippen LogP) is 2.50. The minimum atomic E-state index is 0.145. The summed E-state index contributed by atoms with van der Waals surface area (Å²) >= 11 is 7.08. The van der Waals surface area contributed by atoms with E-state index >= 15 is 0 Å². The first-order valence-corrected chi connectivity index (χ1v) is 6.25. The van der Waals surface area contributed by atoms with E-state index in [2.05, 4.69) is 19.9 Å². The fourth-order valence-corrected chi connectivity index (χ4v) is 2.35. The van der Waals surface area contributed by atoms with Gasteiger partial charge in [0.2, 0.25) is 0 Å². The van der Waals surface area contributed by atoms with E-state index < -0.39 is 0 Å². The Balaban J connectivity index is 2.39. The number of hydrogen-bond donors (Lipinski definition) is 0. The molecule has 7 heteroatoms. The third-order valence-electron chi connectivity index (χ3n) is 2.04. The van der Waals surface area contributed by atoms with Crippen LogP contribution in [0.1, 0.15) is 21.7 Å². The van der Waals surface area contributed by atoms with E-state index in [4.69, 9.17) is 11.6 Å². The molecule has 0 fully saturated rings. The molecule has 0 bridgehead atoms. The summed E-state index contributed by atoms with van der Waals surface area (Å²) in [6.45, 7) is 3.61. The zero-order chi connectivity index (χ0) is 13.1. The molecule has 0 aliphatic rings. The van der Waals surface area contributed by atoms with Crippen LogP contribution < -0.4 is 0 Å². The predicted molar refractivity (Wildman–Crippen MR) is 68.1 cm³/mol. The number of rotatable bonds is 3. The maximum absolute atomic E-state index is 11.0. The molecule has 2 aromatic heterocycles. The topological polar surface area (TPSA) is 68.6 Å². The lowest BCUT2D eigenvalue weighted by molar-refractivity contribution is 0.112. The first-order chi connectivity index (χ1) is 8.60. The van der Waals surface area contributed by atoms with Gasteiger partial charge in [0, 0.05) is 12.4 Å². The normalized spacial score (nSPS) is 10.4. The van der Waals surface area contributed by atoms with Crippen molar-refractivity contribution < 1.29 is 4.79 Å². The Morgan fingerprint density at radius 1 is 1.22 bits per heavy atom. The Kier molecular flexibility index (Phi) is 3.88. The highest BCUT2D eigenvalue weighted by molar-refractivity contribution is 7.99. The summed E-state index contributed by atoms with van der Waals surface area (Å²) < 4.78 is 0. The molecule has 2 heterocycles. The van der Waals surface area contributed by atoms with Gasteiger partial charge in [0.05, 0.1) is 5.56 Å². The number of carbonyl (C=O) groups excluding carboxylic acids is 1. The lowest BCUT2D eigenvalue weighted by atomic mass is 10.4. The number of hydrogen-bond acceptors (Lipinski definition) is 6. The molecule has 0 amide bonds. The SMILES string of the molecule is Cc1cnc(Sc2nc(C)nc(Cl)c2C=O)nc1. The molecule has 0 spiro atoms. The third-order valence-corrected chi connectivity index (χ3v) is 3.23. The Morgan fingerprint density at radius 3 is 2.50 bits per heavy atom. The van der Waals surface area contributed by atoms with E-state index in [1.807, 2.05) is 6.92 Å². The van der Waals surface area contributed by atoms with Gasteiger partial charge in [-0.15, -0.1) is 0 Å². The lowest BCUT2D eigenvalue weighted by Crippen LogP contribution is -1.99. The number of aryl methyl sites for hydroxylation is 2. The molecule has 92 valence electrons. The first kappa shape index (κ1) is 12.9. The van der Waals surface area contributed by atoms with Gasteiger partial charge in [-0.3, -0.25) is 4.79 Å². The van der Waals surface area contributed by atoms with E-state index in [1.54, 1.807) is 19.3 Å². The van der Waals surface area contributed by atoms with Crippen LogP contribution >= 0.6 is 23.4 Å². The summed E-state index contributed by atoms with van der Waals surface area (Å²) in [7, 11) is 0. The summed E-state index contributed by atoms with van der Waals surface area (Å²) in [5.74, 6) is 0.500. The van der Waals surface area contributed by atoms with Crippen LogP contribution in [0.3, 0.4) is 0 Å². The van der Waals surface area contributed by atoms with E-state index in [0.717, 1.165) is 5.56 Å². The molecular formula is C11H9ClN4OS. The number of nitrogens with zero attached hydrogens (tertiary/aromatic N) is 4. The minimum absolute atomic E-state index is 0.145. The van der Waals surface area contributed by atoms with Gasteiger partial charge in [0.25, 0.3) is 0 Å². The van der Waals surface area contributed by atoms with E-state index in [9.17, 15) is 4.79 Å². The van der Waals surface area contributed by atoms with Crippen molar-refractivity contribution in [1.82, 2.24) is 19.9 Å². The van der Waals surface area contributed by atoms with Crippen molar-refractivity contribution in [3.8, 4) is 0 Å². The monoisotopic (exact) mass is 280 g/mol. The molecular weight excluding hydrogens is 272 g/mol. The molecule has 0 atom stereocenters. The van der Waals surface area contributed by atoms with Crippen molar-refractivity contribution in [1.29, 1.82) is 0 Å². The second-order valence-electron chi connectivity index (χ2n) is 3.54.